The van der Waals surface area contributed by atoms with E-state index in [9.17, 15) is 0 Å². The molecule has 3 nitrogen and oxygen atoms in total. The van der Waals surface area contributed by atoms with E-state index in [1.54, 1.807) is 10.6 Å². The number of para-hydroxylation sites is 1. The molecule has 0 aliphatic heterocycles. The first-order valence-corrected chi connectivity index (χ1v) is 4.22. The number of hydrogen-bond acceptors (Lipinski definition) is 2. The molecule has 0 saturated heterocycles. The quantitative estimate of drug-likeness (QED) is 0.675. The zero-order chi connectivity index (χ0) is 9.97. The molecule has 0 radical (unpaired) electrons. The van der Waals surface area contributed by atoms with E-state index in [0.717, 1.165) is 10.9 Å². The summed E-state index contributed by atoms with van der Waals surface area (Å²) < 4.78 is 1.72. The van der Waals surface area contributed by atoms with Crippen molar-refractivity contribution in [3.63, 3.8) is 0 Å². The molecule has 2 rings (SSSR count). The van der Waals surface area contributed by atoms with Crippen LogP contribution in [-0.4, -0.2) is 4.57 Å². The molecule has 66 valence electrons. The van der Waals surface area contributed by atoms with Crippen LogP contribution in [0.1, 0.15) is 5.69 Å². The predicted octanol–water partition coefficient (Wildman–Crippen LogP) is 2.04. The molecule has 2 aromatic rings. The van der Waals surface area contributed by atoms with Crippen LogP contribution in [0.3, 0.4) is 0 Å². The van der Waals surface area contributed by atoms with Crippen molar-refractivity contribution in [1.29, 1.82) is 10.5 Å². The maximum Gasteiger partial charge on any atom is 0.122 e. The molecule has 0 aliphatic carbocycles. The van der Waals surface area contributed by atoms with Gasteiger partial charge in [0.1, 0.15) is 18.3 Å². The summed E-state index contributed by atoms with van der Waals surface area (Å²) in [7, 11) is 0. The Labute approximate surface area is 81.4 Å². The van der Waals surface area contributed by atoms with E-state index in [1.807, 2.05) is 30.3 Å². The van der Waals surface area contributed by atoms with Gasteiger partial charge in [-0.25, -0.2) is 0 Å². The average molecular weight is 181 g/mol. The third-order valence-electron chi connectivity index (χ3n) is 2.15. The summed E-state index contributed by atoms with van der Waals surface area (Å²) in [4.78, 5) is 0. The maximum absolute atomic E-state index is 8.87. The predicted molar refractivity (Wildman–Crippen MR) is 52.3 cm³/mol. The standard InChI is InChI=1S/C11H7N3/c12-5-6-14-10(8-13)7-9-3-1-2-4-11(9)14/h1-4,7H,6H2. The molecule has 0 fully saturated rings. The molecule has 0 spiro atoms. The van der Waals surface area contributed by atoms with Gasteiger partial charge in [0.2, 0.25) is 0 Å². The Morgan fingerprint density at radius 1 is 1.21 bits per heavy atom. The summed E-state index contributed by atoms with van der Waals surface area (Å²) in [6, 6.07) is 13.6. The molecule has 0 bridgehead atoms. The Morgan fingerprint density at radius 3 is 2.71 bits per heavy atom. The van der Waals surface area contributed by atoms with Gasteiger partial charge in [0, 0.05) is 5.39 Å². The van der Waals surface area contributed by atoms with Crippen molar-refractivity contribution in [3.05, 3.63) is 36.0 Å². The maximum atomic E-state index is 8.87. The molecular weight excluding hydrogens is 174 g/mol. The monoisotopic (exact) mass is 181 g/mol. The Hall–Kier alpha value is -2.26. The first-order valence-electron chi connectivity index (χ1n) is 4.22. The second-order valence-corrected chi connectivity index (χ2v) is 2.94. The summed E-state index contributed by atoms with van der Waals surface area (Å²) in [5.41, 5.74) is 1.47. The van der Waals surface area contributed by atoms with Gasteiger partial charge in [0.15, 0.2) is 0 Å². The van der Waals surface area contributed by atoms with E-state index in [1.165, 1.54) is 0 Å². The van der Waals surface area contributed by atoms with Crippen LogP contribution in [0.5, 0.6) is 0 Å². The van der Waals surface area contributed by atoms with Crippen molar-refractivity contribution in [3.8, 4) is 12.1 Å². The fourth-order valence-corrected chi connectivity index (χ4v) is 1.54. The van der Waals surface area contributed by atoms with Gasteiger partial charge in [-0.2, -0.15) is 10.5 Å². The summed E-state index contributed by atoms with van der Waals surface area (Å²) in [5.74, 6) is 0. The minimum Gasteiger partial charge on any atom is -0.318 e. The van der Waals surface area contributed by atoms with Crippen molar-refractivity contribution in [1.82, 2.24) is 4.57 Å². The summed E-state index contributed by atoms with van der Waals surface area (Å²) in [6.07, 6.45) is 0. The van der Waals surface area contributed by atoms with Crippen molar-refractivity contribution in [2.24, 2.45) is 0 Å². The highest BCUT2D eigenvalue weighted by molar-refractivity contribution is 5.82. The molecule has 1 aromatic carbocycles. The van der Waals surface area contributed by atoms with E-state index in [2.05, 4.69) is 6.07 Å². The van der Waals surface area contributed by atoms with Crippen LogP contribution >= 0.6 is 0 Å². The van der Waals surface area contributed by atoms with Crippen LogP contribution < -0.4 is 0 Å². The van der Waals surface area contributed by atoms with Crippen LogP contribution in [0.4, 0.5) is 0 Å². The lowest BCUT2D eigenvalue weighted by molar-refractivity contribution is 0.859. The molecule has 3 heteroatoms. The summed E-state index contributed by atoms with van der Waals surface area (Å²) in [6.45, 7) is 0.219. The highest BCUT2D eigenvalue weighted by atomic mass is 15.0. The molecule has 14 heavy (non-hydrogen) atoms. The Balaban J connectivity index is 2.77. The molecule has 0 unspecified atom stereocenters. The number of fused-ring (bicyclic) bond motifs is 1. The molecule has 1 heterocycles. The van der Waals surface area contributed by atoms with Gasteiger partial charge >= 0.3 is 0 Å². The van der Waals surface area contributed by atoms with Gasteiger partial charge in [-0.05, 0) is 12.1 Å². The number of hydrogen-bond donors (Lipinski definition) is 0. The van der Waals surface area contributed by atoms with Crippen LogP contribution in [-0.2, 0) is 6.54 Å². The molecular formula is C11H7N3. The lowest BCUT2D eigenvalue weighted by Crippen LogP contribution is -1.97. The Morgan fingerprint density at radius 2 is 2.00 bits per heavy atom. The van der Waals surface area contributed by atoms with Crippen LogP contribution in [0.25, 0.3) is 10.9 Å². The van der Waals surface area contributed by atoms with Crippen molar-refractivity contribution >= 4 is 10.9 Å². The molecule has 0 amide bonds. The molecule has 0 atom stereocenters. The first-order chi connectivity index (χ1) is 6.86. The van der Waals surface area contributed by atoms with Gasteiger partial charge in [-0.15, -0.1) is 0 Å². The third kappa shape index (κ3) is 1.12. The minimum atomic E-state index is 0.219. The molecule has 0 N–H and O–H groups in total. The minimum absolute atomic E-state index is 0.219. The largest absolute Gasteiger partial charge is 0.318 e. The normalized spacial score (nSPS) is 9.57. The number of aromatic nitrogens is 1. The summed E-state index contributed by atoms with van der Waals surface area (Å²) >= 11 is 0. The lowest BCUT2D eigenvalue weighted by Gasteiger charge is -1.99. The van der Waals surface area contributed by atoms with Crippen molar-refractivity contribution in [2.75, 3.05) is 0 Å². The smallest absolute Gasteiger partial charge is 0.122 e. The van der Waals surface area contributed by atoms with E-state index in [0.29, 0.717) is 5.69 Å². The number of rotatable bonds is 1. The molecule has 0 aliphatic rings. The van der Waals surface area contributed by atoms with Gasteiger partial charge < -0.3 is 4.57 Å². The Bertz CT molecular complexity index is 552. The second-order valence-electron chi connectivity index (χ2n) is 2.94. The average Bonchev–Trinajstić information content (AvgIpc) is 2.58. The fourth-order valence-electron chi connectivity index (χ4n) is 1.54. The van der Waals surface area contributed by atoms with E-state index >= 15 is 0 Å². The van der Waals surface area contributed by atoms with E-state index in [-0.39, 0.29) is 6.54 Å². The van der Waals surface area contributed by atoms with Gasteiger partial charge in [0.05, 0.1) is 11.6 Å². The number of benzene rings is 1. The first kappa shape index (κ1) is 8.34. The SMILES string of the molecule is N#CCn1c(C#N)cc2ccccc21. The van der Waals surface area contributed by atoms with Gasteiger partial charge in [0.25, 0.3) is 0 Å². The highest BCUT2D eigenvalue weighted by Gasteiger charge is 2.06. The lowest BCUT2D eigenvalue weighted by atomic mass is 10.2. The van der Waals surface area contributed by atoms with E-state index < -0.39 is 0 Å². The van der Waals surface area contributed by atoms with Gasteiger partial charge in [-0.3, -0.25) is 0 Å². The zero-order valence-corrected chi connectivity index (χ0v) is 7.44. The Kier molecular flexibility index (Phi) is 1.93. The zero-order valence-electron chi connectivity index (χ0n) is 7.44. The number of nitrogens with zero attached hydrogens (tertiary/aromatic N) is 3. The second kappa shape index (κ2) is 3.24. The third-order valence-corrected chi connectivity index (χ3v) is 2.15. The van der Waals surface area contributed by atoms with Crippen LogP contribution in [0, 0.1) is 22.7 Å². The summed E-state index contributed by atoms with van der Waals surface area (Å²) in [5, 5.41) is 18.5. The van der Waals surface area contributed by atoms with Gasteiger partial charge in [-0.1, -0.05) is 18.2 Å². The topological polar surface area (TPSA) is 52.5 Å². The van der Waals surface area contributed by atoms with E-state index in [4.69, 9.17) is 10.5 Å². The van der Waals surface area contributed by atoms with Crippen LogP contribution in [0.15, 0.2) is 30.3 Å². The number of nitriles is 2. The molecule has 0 saturated carbocycles. The highest BCUT2D eigenvalue weighted by Crippen LogP contribution is 2.18. The molecule has 1 aromatic heterocycles. The van der Waals surface area contributed by atoms with Crippen molar-refractivity contribution < 1.29 is 0 Å². The van der Waals surface area contributed by atoms with Crippen LogP contribution in [0.2, 0.25) is 0 Å². The van der Waals surface area contributed by atoms with Crippen molar-refractivity contribution in [2.45, 2.75) is 6.54 Å². The fraction of sp³-hybridized carbons (Fsp3) is 0.0909.